The van der Waals surface area contributed by atoms with Crippen molar-refractivity contribution in [1.82, 2.24) is 5.43 Å². The molecule has 1 aromatic carbocycles. The maximum Gasteiger partial charge on any atom is 0.143 e. The summed E-state index contributed by atoms with van der Waals surface area (Å²) in [5.41, 5.74) is 2.99. The van der Waals surface area contributed by atoms with Gasteiger partial charge in [0, 0.05) is 10.6 Å². The van der Waals surface area contributed by atoms with Crippen LogP contribution in [0.15, 0.2) is 17.2 Å². The van der Waals surface area contributed by atoms with Crippen LogP contribution < -0.4 is 5.43 Å². The zero-order valence-electron chi connectivity index (χ0n) is 7.74. The Balaban J connectivity index is 2.80. The Hall–Kier alpha value is -0.970. The third-order valence-electron chi connectivity index (χ3n) is 1.58. The number of nitrogens with one attached hydrogen (secondary N) is 1. The monoisotopic (exact) mass is 248 g/mol. The molecule has 0 amide bonds. The number of hydrazone groups is 1. The Bertz CT molecular complexity index is 369. The summed E-state index contributed by atoms with van der Waals surface area (Å²) in [6, 6.07) is 2.98. The number of phenolic OH excluding ortho intramolecular Hbond substituents is 1. The van der Waals surface area contributed by atoms with E-state index in [0.29, 0.717) is 17.1 Å². The van der Waals surface area contributed by atoms with E-state index in [9.17, 15) is 5.11 Å². The van der Waals surface area contributed by atoms with E-state index in [2.05, 4.69) is 10.5 Å². The minimum atomic E-state index is -0.0735. The second-order valence-corrected chi connectivity index (χ2v) is 3.56. The van der Waals surface area contributed by atoms with Gasteiger partial charge < -0.3 is 15.6 Å². The zero-order chi connectivity index (χ0) is 11.3. The summed E-state index contributed by atoms with van der Waals surface area (Å²) in [4.78, 5) is 0. The lowest BCUT2D eigenvalue weighted by Crippen LogP contribution is -2.11. The number of phenols is 1. The first-order chi connectivity index (χ1) is 7.15. The van der Waals surface area contributed by atoms with Crippen molar-refractivity contribution in [2.24, 2.45) is 5.10 Å². The molecule has 0 unspecified atom stereocenters. The van der Waals surface area contributed by atoms with Gasteiger partial charge in [0.1, 0.15) is 5.75 Å². The van der Waals surface area contributed by atoms with Gasteiger partial charge in [-0.25, -0.2) is 0 Å². The van der Waals surface area contributed by atoms with Crippen molar-refractivity contribution in [3.05, 3.63) is 27.7 Å². The van der Waals surface area contributed by atoms with Crippen LogP contribution in [0.4, 0.5) is 0 Å². The van der Waals surface area contributed by atoms with Crippen LogP contribution in [0.25, 0.3) is 0 Å². The van der Waals surface area contributed by atoms with Crippen molar-refractivity contribution in [1.29, 1.82) is 0 Å². The number of benzene rings is 1. The molecule has 3 N–H and O–H groups in total. The molecule has 0 aromatic heterocycles. The maximum absolute atomic E-state index is 9.52. The highest BCUT2D eigenvalue weighted by Crippen LogP contribution is 2.29. The minimum Gasteiger partial charge on any atom is -0.506 e. The summed E-state index contributed by atoms with van der Waals surface area (Å²) in [5, 5.41) is 22.4. The molecule has 4 nitrogen and oxygen atoms in total. The zero-order valence-corrected chi connectivity index (χ0v) is 9.26. The molecule has 82 valence electrons. The molecule has 0 atom stereocenters. The molecule has 0 spiro atoms. The molecule has 0 saturated carbocycles. The van der Waals surface area contributed by atoms with Gasteiger partial charge in [0.15, 0.2) is 0 Å². The Morgan fingerprint density at radius 3 is 2.80 bits per heavy atom. The number of halogens is 2. The Labute approximate surface area is 97.1 Å². The van der Waals surface area contributed by atoms with Crippen LogP contribution in [0, 0.1) is 0 Å². The second kappa shape index (κ2) is 5.80. The number of nitrogens with zero attached hydrogens (tertiary/aromatic N) is 1. The number of aromatic hydroxyl groups is 1. The summed E-state index contributed by atoms with van der Waals surface area (Å²) in [5.74, 6) is -0.0735. The predicted octanol–water partition coefficient (Wildman–Crippen LogP) is 1.61. The van der Waals surface area contributed by atoms with Crippen LogP contribution in [-0.2, 0) is 0 Å². The standard InChI is InChI=1S/C9H10Cl2N2O2/c10-7-3-6(5-13-12-1-2-14)9(15)8(11)4-7/h3-5,12,14-15H,1-2H2. The lowest BCUT2D eigenvalue weighted by atomic mass is 10.2. The third kappa shape index (κ3) is 3.58. The van der Waals surface area contributed by atoms with Gasteiger partial charge in [-0.3, -0.25) is 0 Å². The van der Waals surface area contributed by atoms with Crippen LogP contribution in [0.2, 0.25) is 10.0 Å². The second-order valence-electron chi connectivity index (χ2n) is 2.72. The molecule has 0 fully saturated rings. The topological polar surface area (TPSA) is 64.8 Å². The molecule has 1 aromatic rings. The first-order valence-corrected chi connectivity index (χ1v) is 4.95. The molecule has 6 heteroatoms. The predicted molar refractivity (Wildman–Crippen MR) is 60.8 cm³/mol. The van der Waals surface area contributed by atoms with Crippen molar-refractivity contribution in [3.8, 4) is 5.75 Å². The number of hydrogen-bond acceptors (Lipinski definition) is 4. The highest BCUT2D eigenvalue weighted by molar-refractivity contribution is 6.36. The van der Waals surface area contributed by atoms with Gasteiger partial charge in [-0.15, -0.1) is 0 Å². The van der Waals surface area contributed by atoms with E-state index in [1.54, 1.807) is 0 Å². The molecule has 0 aliphatic rings. The summed E-state index contributed by atoms with van der Waals surface area (Å²) >= 11 is 11.4. The van der Waals surface area contributed by atoms with Gasteiger partial charge >= 0.3 is 0 Å². The van der Waals surface area contributed by atoms with E-state index in [1.807, 2.05) is 0 Å². The quantitative estimate of drug-likeness (QED) is 0.431. The fraction of sp³-hybridized carbons (Fsp3) is 0.222. The molecule has 1 rings (SSSR count). The van der Waals surface area contributed by atoms with E-state index in [-0.39, 0.29) is 17.4 Å². The van der Waals surface area contributed by atoms with Gasteiger partial charge in [0.05, 0.1) is 24.4 Å². The molecule has 0 saturated heterocycles. The first kappa shape index (κ1) is 12.1. The molecule has 0 aliphatic carbocycles. The van der Waals surface area contributed by atoms with Crippen molar-refractivity contribution in [2.75, 3.05) is 13.2 Å². The molecular formula is C9H10Cl2N2O2. The van der Waals surface area contributed by atoms with E-state index >= 15 is 0 Å². The first-order valence-electron chi connectivity index (χ1n) is 4.20. The summed E-state index contributed by atoms with van der Waals surface area (Å²) in [6.45, 7) is 0.325. The van der Waals surface area contributed by atoms with Crippen LogP contribution in [0.3, 0.4) is 0 Å². The van der Waals surface area contributed by atoms with Gasteiger partial charge in [-0.1, -0.05) is 23.2 Å². The molecule has 0 radical (unpaired) electrons. The number of aliphatic hydroxyl groups is 1. The normalized spacial score (nSPS) is 10.9. The average Bonchev–Trinajstić information content (AvgIpc) is 2.19. The largest absolute Gasteiger partial charge is 0.506 e. The van der Waals surface area contributed by atoms with Crippen LogP contribution in [0.5, 0.6) is 5.75 Å². The van der Waals surface area contributed by atoms with Crippen molar-refractivity contribution < 1.29 is 10.2 Å². The third-order valence-corrected chi connectivity index (χ3v) is 2.08. The maximum atomic E-state index is 9.52. The van der Waals surface area contributed by atoms with Crippen molar-refractivity contribution in [3.63, 3.8) is 0 Å². The minimum absolute atomic E-state index is 0.0143. The van der Waals surface area contributed by atoms with Crippen LogP contribution in [-0.4, -0.2) is 29.6 Å². The van der Waals surface area contributed by atoms with Crippen molar-refractivity contribution >= 4 is 29.4 Å². The number of rotatable bonds is 4. The van der Waals surface area contributed by atoms with E-state index < -0.39 is 0 Å². The van der Waals surface area contributed by atoms with E-state index in [1.165, 1.54) is 18.3 Å². The molecule has 0 bridgehead atoms. The highest BCUT2D eigenvalue weighted by Gasteiger charge is 2.05. The van der Waals surface area contributed by atoms with Crippen LogP contribution in [0.1, 0.15) is 5.56 Å². The van der Waals surface area contributed by atoms with E-state index in [0.717, 1.165) is 0 Å². The van der Waals surface area contributed by atoms with Gasteiger partial charge in [0.2, 0.25) is 0 Å². The smallest absolute Gasteiger partial charge is 0.143 e. The summed E-state index contributed by atoms with van der Waals surface area (Å²) in [6.07, 6.45) is 1.38. The summed E-state index contributed by atoms with van der Waals surface area (Å²) in [7, 11) is 0. The molecule has 0 aliphatic heterocycles. The fourth-order valence-electron chi connectivity index (χ4n) is 0.914. The SMILES string of the molecule is OCCNN=Cc1cc(Cl)cc(Cl)c1O. The lowest BCUT2D eigenvalue weighted by molar-refractivity contribution is 0.294. The van der Waals surface area contributed by atoms with Crippen LogP contribution >= 0.6 is 23.2 Å². The number of hydrogen-bond donors (Lipinski definition) is 3. The molecular weight excluding hydrogens is 239 g/mol. The fourth-order valence-corrected chi connectivity index (χ4v) is 1.42. The van der Waals surface area contributed by atoms with E-state index in [4.69, 9.17) is 28.3 Å². The lowest BCUT2D eigenvalue weighted by Gasteiger charge is -2.02. The molecule has 15 heavy (non-hydrogen) atoms. The average molecular weight is 249 g/mol. The number of aliphatic hydroxyl groups excluding tert-OH is 1. The van der Waals surface area contributed by atoms with Gasteiger partial charge in [0.25, 0.3) is 0 Å². The Kier molecular flexibility index (Phi) is 4.68. The molecule has 0 heterocycles. The Morgan fingerprint density at radius 1 is 1.40 bits per heavy atom. The Morgan fingerprint density at radius 2 is 2.13 bits per heavy atom. The van der Waals surface area contributed by atoms with Gasteiger partial charge in [-0.2, -0.15) is 5.10 Å². The van der Waals surface area contributed by atoms with Crippen molar-refractivity contribution in [2.45, 2.75) is 0 Å². The summed E-state index contributed by atoms with van der Waals surface area (Å²) < 4.78 is 0. The highest BCUT2D eigenvalue weighted by atomic mass is 35.5. The van der Waals surface area contributed by atoms with Gasteiger partial charge in [-0.05, 0) is 12.1 Å².